The van der Waals surface area contributed by atoms with Crippen molar-refractivity contribution in [2.75, 3.05) is 18.4 Å². The van der Waals surface area contributed by atoms with Crippen LogP contribution in [-0.4, -0.2) is 38.9 Å². The lowest BCUT2D eigenvalue weighted by Gasteiger charge is -2.08. The topological polar surface area (TPSA) is 92.7 Å². The number of hydrogen-bond acceptors (Lipinski definition) is 6. The molecule has 126 valence electrons. The van der Waals surface area contributed by atoms with Gasteiger partial charge in [0.2, 0.25) is 5.95 Å². The molecule has 1 amide bonds. The zero-order chi connectivity index (χ0) is 16.9. The smallest absolute Gasteiger partial charge is 0.254 e. The van der Waals surface area contributed by atoms with Crippen LogP contribution in [0.3, 0.4) is 0 Å². The molecule has 0 aromatic carbocycles. The zero-order valence-electron chi connectivity index (χ0n) is 14.1. The van der Waals surface area contributed by atoms with Crippen molar-refractivity contribution >= 4 is 11.9 Å². The monoisotopic (exact) mass is 326 g/mol. The summed E-state index contributed by atoms with van der Waals surface area (Å²) in [6.45, 7) is 5.24. The maximum atomic E-state index is 12.1. The Morgan fingerprint density at radius 1 is 1.21 bits per heavy atom. The van der Waals surface area contributed by atoms with Crippen molar-refractivity contribution in [2.45, 2.75) is 39.5 Å². The van der Waals surface area contributed by atoms with E-state index in [2.05, 4.69) is 30.6 Å². The molecule has 7 heteroatoms. The fourth-order valence-corrected chi connectivity index (χ4v) is 2.88. The Balaban J connectivity index is 1.54. The lowest BCUT2D eigenvalue weighted by atomic mass is 10.2. The van der Waals surface area contributed by atoms with Crippen molar-refractivity contribution in [3.05, 3.63) is 40.7 Å². The summed E-state index contributed by atoms with van der Waals surface area (Å²) in [5.41, 5.74) is 4.01. The number of rotatable bonds is 6. The number of hydrogen-bond donors (Lipinski definition) is 2. The van der Waals surface area contributed by atoms with E-state index in [4.69, 9.17) is 0 Å². The summed E-state index contributed by atoms with van der Waals surface area (Å²) in [7, 11) is 0. The molecule has 0 saturated heterocycles. The SMILES string of the molecule is CCNc1ncc(C(=O)NCCc2nc(C)c3c(n2)CCC3)cn1. The molecule has 0 saturated carbocycles. The van der Waals surface area contributed by atoms with E-state index in [-0.39, 0.29) is 5.91 Å². The van der Waals surface area contributed by atoms with Gasteiger partial charge in [0.25, 0.3) is 5.91 Å². The van der Waals surface area contributed by atoms with E-state index in [9.17, 15) is 4.79 Å². The molecule has 2 aromatic rings. The van der Waals surface area contributed by atoms with Crippen molar-refractivity contribution in [3.8, 4) is 0 Å². The maximum absolute atomic E-state index is 12.1. The summed E-state index contributed by atoms with van der Waals surface area (Å²) >= 11 is 0. The molecular formula is C17H22N6O. The third-order valence-corrected chi connectivity index (χ3v) is 4.07. The van der Waals surface area contributed by atoms with E-state index in [1.54, 1.807) is 0 Å². The van der Waals surface area contributed by atoms with Crippen LogP contribution in [0.25, 0.3) is 0 Å². The number of amides is 1. The Labute approximate surface area is 141 Å². The van der Waals surface area contributed by atoms with Crippen LogP contribution in [0.15, 0.2) is 12.4 Å². The van der Waals surface area contributed by atoms with Gasteiger partial charge in [-0.15, -0.1) is 0 Å². The number of fused-ring (bicyclic) bond motifs is 1. The van der Waals surface area contributed by atoms with Gasteiger partial charge in [0.1, 0.15) is 5.82 Å². The normalized spacial score (nSPS) is 12.8. The van der Waals surface area contributed by atoms with E-state index in [0.29, 0.717) is 24.5 Å². The molecule has 7 nitrogen and oxygen atoms in total. The molecule has 0 fully saturated rings. The number of carbonyl (C=O) groups excluding carboxylic acids is 1. The van der Waals surface area contributed by atoms with Gasteiger partial charge in [0.05, 0.1) is 5.56 Å². The Morgan fingerprint density at radius 3 is 2.75 bits per heavy atom. The molecule has 0 aliphatic heterocycles. The highest BCUT2D eigenvalue weighted by atomic mass is 16.1. The Morgan fingerprint density at radius 2 is 2.00 bits per heavy atom. The largest absolute Gasteiger partial charge is 0.355 e. The van der Waals surface area contributed by atoms with Gasteiger partial charge in [-0.2, -0.15) is 0 Å². The minimum Gasteiger partial charge on any atom is -0.355 e. The average Bonchev–Trinajstić information content (AvgIpc) is 3.05. The van der Waals surface area contributed by atoms with Gasteiger partial charge in [0.15, 0.2) is 0 Å². The molecule has 2 N–H and O–H groups in total. The van der Waals surface area contributed by atoms with Gasteiger partial charge < -0.3 is 10.6 Å². The predicted octanol–water partition coefficient (Wildman–Crippen LogP) is 1.47. The third kappa shape index (κ3) is 3.67. The molecule has 0 spiro atoms. The second-order valence-corrected chi connectivity index (χ2v) is 5.84. The molecule has 0 radical (unpaired) electrons. The van der Waals surface area contributed by atoms with Crippen LogP contribution in [0.5, 0.6) is 0 Å². The molecule has 0 bridgehead atoms. The fourth-order valence-electron chi connectivity index (χ4n) is 2.88. The van der Waals surface area contributed by atoms with E-state index in [1.165, 1.54) is 23.7 Å². The number of nitrogens with one attached hydrogen (secondary N) is 2. The summed E-state index contributed by atoms with van der Waals surface area (Å²) < 4.78 is 0. The highest BCUT2D eigenvalue weighted by molar-refractivity contribution is 5.93. The van der Waals surface area contributed by atoms with Crippen LogP contribution in [0, 0.1) is 6.92 Å². The number of nitrogens with zero attached hydrogens (tertiary/aromatic N) is 4. The van der Waals surface area contributed by atoms with Crippen LogP contribution < -0.4 is 10.6 Å². The molecule has 0 unspecified atom stereocenters. The summed E-state index contributed by atoms with van der Waals surface area (Å²) in [4.78, 5) is 29.5. The van der Waals surface area contributed by atoms with E-state index >= 15 is 0 Å². The molecule has 1 aliphatic carbocycles. The second kappa shape index (κ2) is 7.33. The minimum absolute atomic E-state index is 0.184. The molecule has 2 heterocycles. The number of carbonyl (C=O) groups is 1. The number of anilines is 1. The Hall–Kier alpha value is -2.57. The van der Waals surface area contributed by atoms with Gasteiger partial charge in [-0.05, 0) is 38.7 Å². The van der Waals surface area contributed by atoms with Crippen LogP contribution in [0.2, 0.25) is 0 Å². The number of aryl methyl sites for hydroxylation is 2. The van der Waals surface area contributed by atoms with Crippen molar-refractivity contribution in [1.82, 2.24) is 25.3 Å². The molecule has 3 rings (SSSR count). The van der Waals surface area contributed by atoms with Crippen LogP contribution in [0.1, 0.15) is 46.5 Å². The van der Waals surface area contributed by atoms with Gasteiger partial charge in [0, 0.05) is 43.3 Å². The Kier molecular flexibility index (Phi) is 4.98. The van der Waals surface area contributed by atoms with E-state index in [1.807, 2.05) is 13.8 Å². The van der Waals surface area contributed by atoms with Gasteiger partial charge in [-0.1, -0.05) is 0 Å². The first kappa shape index (κ1) is 16.3. The van der Waals surface area contributed by atoms with Crippen molar-refractivity contribution in [2.24, 2.45) is 0 Å². The van der Waals surface area contributed by atoms with E-state index < -0.39 is 0 Å². The summed E-state index contributed by atoms with van der Waals surface area (Å²) in [6.07, 6.45) is 6.95. The van der Waals surface area contributed by atoms with Crippen molar-refractivity contribution in [3.63, 3.8) is 0 Å². The van der Waals surface area contributed by atoms with Crippen LogP contribution in [0.4, 0.5) is 5.95 Å². The standard InChI is InChI=1S/C17H22N6O/c1-3-18-17-20-9-12(10-21-17)16(24)19-8-7-15-22-11(2)13-5-4-6-14(13)23-15/h9-10H,3-8H2,1-2H3,(H,19,24)(H,18,20,21). The maximum Gasteiger partial charge on any atom is 0.254 e. The average molecular weight is 326 g/mol. The van der Waals surface area contributed by atoms with Gasteiger partial charge >= 0.3 is 0 Å². The lowest BCUT2D eigenvalue weighted by Crippen LogP contribution is -2.26. The summed E-state index contributed by atoms with van der Waals surface area (Å²) in [5, 5.41) is 5.86. The highest BCUT2D eigenvalue weighted by Gasteiger charge is 2.17. The van der Waals surface area contributed by atoms with Crippen molar-refractivity contribution < 1.29 is 4.79 Å². The zero-order valence-corrected chi connectivity index (χ0v) is 14.1. The van der Waals surface area contributed by atoms with Crippen LogP contribution in [-0.2, 0) is 19.3 Å². The molecule has 1 aliphatic rings. The molecule has 24 heavy (non-hydrogen) atoms. The summed E-state index contributed by atoms with van der Waals surface area (Å²) in [5.74, 6) is 1.14. The van der Waals surface area contributed by atoms with Crippen molar-refractivity contribution in [1.29, 1.82) is 0 Å². The predicted molar refractivity (Wildman–Crippen MR) is 91.0 cm³/mol. The summed E-state index contributed by atoms with van der Waals surface area (Å²) in [6, 6.07) is 0. The lowest BCUT2D eigenvalue weighted by molar-refractivity contribution is 0.0953. The van der Waals surface area contributed by atoms with Gasteiger partial charge in [-0.3, -0.25) is 4.79 Å². The van der Waals surface area contributed by atoms with Gasteiger partial charge in [-0.25, -0.2) is 19.9 Å². The molecular weight excluding hydrogens is 304 g/mol. The fraction of sp³-hybridized carbons (Fsp3) is 0.471. The highest BCUT2D eigenvalue weighted by Crippen LogP contribution is 2.22. The number of aromatic nitrogens is 4. The molecule has 2 aromatic heterocycles. The van der Waals surface area contributed by atoms with E-state index in [0.717, 1.165) is 37.3 Å². The van der Waals surface area contributed by atoms with Crippen LogP contribution >= 0.6 is 0 Å². The third-order valence-electron chi connectivity index (χ3n) is 4.07. The Bertz CT molecular complexity index is 729. The second-order valence-electron chi connectivity index (χ2n) is 5.84. The first-order valence-corrected chi connectivity index (χ1v) is 8.36. The first-order chi connectivity index (χ1) is 11.7. The minimum atomic E-state index is -0.184. The molecule has 0 atom stereocenters. The quantitative estimate of drug-likeness (QED) is 0.835. The first-order valence-electron chi connectivity index (χ1n) is 8.36.